The van der Waals surface area contributed by atoms with Crippen LogP contribution in [0.4, 0.5) is 0 Å². The van der Waals surface area contributed by atoms with Gasteiger partial charge in [0.25, 0.3) is 0 Å². The van der Waals surface area contributed by atoms with E-state index >= 15 is 0 Å². The van der Waals surface area contributed by atoms with Gasteiger partial charge >= 0.3 is 0 Å². The van der Waals surface area contributed by atoms with E-state index in [1.165, 1.54) is 6.20 Å². The lowest BCUT2D eigenvalue weighted by Gasteiger charge is -1.92. The van der Waals surface area contributed by atoms with Crippen molar-refractivity contribution < 1.29 is 10.2 Å². The maximum atomic E-state index is 8.40. The second-order valence-corrected chi connectivity index (χ2v) is 2.41. The zero-order chi connectivity index (χ0) is 9.40. The molecule has 0 aliphatic rings. The lowest BCUT2D eigenvalue weighted by atomic mass is 10.2. The minimum Gasteiger partial charge on any atom is -0.364 e. The van der Waals surface area contributed by atoms with Crippen molar-refractivity contribution in [1.29, 1.82) is 0 Å². The zero-order valence-corrected chi connectivity index (χ0v) is 8.27. The summed E-state index contributed by atoms with van der Waals surface area (Å²) < 4.78 is 3.62. The molecule has 0 fully saturated rings. The predicted octanol–water partition coefficient (Wildman–Crippen LogP) is 1.04. The minimum absolute atomic E-state index is 0.786. The van der Waals surface area contributed by atoms with E-state index in [4.69, 9.17) is 10.2 Å². The summed E-state index contributed by atoms with van der Waals surface area (Å²) >= 11 is 2.89. The van der Waals surface area contributed by atoms with E-state index in [9.17, 15) is 0 Å². The predicted molar refractivity (Wildman–Crippen MR) is 52.5 cm³/mol. The Hall–Kier alpha value is -0.520. The molecule has 0 bridgehead atoms. The Balaban J connectivity index is 4.11. The maximum Gasteiger partial charge on any atom is 0.188 e. The van der Waals surface area contributed by atoms with E-state index in [2.05, 4.69) is 25.2 Å². The second kappa shape index (κ2) is 7.15. The molecule has 0 aromatic rings. The number of hydrogen-bond acceptors (Lipinski definition) is 4. The van der Waals surface area contributed by atoms with Crippen molar-refractivity contribution in [3.05, 3.63) is 11.8 Å². The maximum absolute atomic E-state index is 8.40. The summed E-state index contributed by atoms with van der Waals surface area (Å²) in [6.45, 7) is 1.95. The highest BCUT2D eigenvalue weighted by molar-refractivity contribution is 9.08. The Morgan fingerprint density at radius 1 is 1.58 bits per heavy atom. The zero-order valence-electron chi connectivity index (χ0n) is 6.68. The van der Waals surface area contributed by atoms with E-state index in [0.29, 0.717) is 0 Å². The van der Waals surface area contributed by atoms with Gasteiger partial charge in [0.1, 0.15) is 0 Å². The van der Waals surface area contributed by atoms with Crippen LogP contribution in [-0.4, -0.2) is 28.9 Å². The molecule has 68 valence electrons. The molecule has 0 saturated heterocycles. The molecule has 0 saturated carbocycles. The molecule has 0 aromatic carbocycles. The third-order valence-electron chi connectivity index (χ3n) is 1.08. The SMILES string of the molecule is CC/C(C=NBr)=C/N=CC(O)O. The summed E-state index contributed by atoms with van der Waals surface area (Å²) in [5.41, 5.74) is 0.892. The highest BCUT2D eigenvalue weighted by Gasteiger charge is 1.88. The summed E-state index contributed by atoms with van der Waals surface area (Å²) in [7, 11) is 0. The van der Waals surface area contributed by atoms with Crippen LogP contribution in [0.3, 0.4) is 0 Å². The van der Waals surface area contributed by atoms with E-state index in [1.807, 2.05) is 6.92 Å². The first-order valence-corrected chi connectivity index (χ1v) is 4.14. The molecule has 12 heavy (non-hydrogen) atoms. The number of aliphatic hydroxyl groups excluding tert-OH is 1. The van der Waals surface area contributed by atoms with Gasteiger partial charge in [0, 0.05) is 12.4 Å². The van der Waals surface area contributed by atoms with Crippen molar-refractivity contribution in [2.45, 2.75) is 19.6 Å². The summed E-state index contributed by atoms with van der Waals surface area (Å²) in [5, 5.41) is 16.8. The Morgan fingerprint density at radius 3 is 2.67 bits per heavy atom. The van der Waals surface area contributed by atoms with E-state index in [-0.39, 0.29) is 0 Å². The number of allylic oxidation sites excluding steroid dienone is 1. The smallest absolute Gasteiger partial charge is 0.188 e. The lowest BCUT2D eigenvalue weighted by Crippen LogP contribution is -2.04. The van der Waals surface area contributed by atoms with Crippen LogP contribution in [0.2, 0.25) is 0 Å². The first-order chi connectivity index (χ1) is 5.70. The summed E-state index contributed by atoms with van der Waals surface area (Å²) in [6.07, 6.45) is 3.43. The number of aliphatic hydroxyl groups is 2. The molecule has 0 atom stereocenters. The van der Waals surface area contributed by atoms with Crippen LogP contribution in [0, 0.1) is 0 Å². The Kier molecular flexibility index (Phi) is 6.84. The number of halogens is 1. The van der Waals surface area contributed by atoms with Gasteiger partial charge in [0.2, 0.25) is 0 Å². The molecule has 5 heteroatoms. The van der Waals surface area contributed by atoms with Crippen LogP contribution >= 0.6 is 16.1 Å². The van der Waals surface area contributed by atoms with Gasteiger partial charge in [-0.2, -0.15) is 0 Å². The van der Waals surface area contributed by atoms with Gasteiger partial charge < -0.3 is 10.2 Å². The van der Waals surface area contributed by atoms with Gasteiger partial charge in [0.05, 0.1) is 22.4 Å². The Labute approximate surface area is 79.7 Å². The molecule has 0 radical (unpaired) electrons. The lowest BCUT2D eigenvalue weighted by molar-refractivity contribution is 0.0239. The van der Waals surface area contributed by atoms with Gasteiger partial charge in [-0.3, -0.25) is 4.99 Å². The van der Waals surface area contributed by atoms with E-state index < -0.39 is 6.29 Å². The van der Waals surface area contributed by atoms with E-state index in [1.54, 1.807) is 6.21 Å². The third-order valence-corrected chi connectivity index (χ3v) is 1.29. The second-order valence-electron chi connectivity index (χ2n) is 2.00. The quantitative estimate of drug-likeness (QED) is 0.564. The van der Waals surface area contributed by atoms with Crippen molar-refractivity contribution in [3.63, 3.8) is 0 Å². The molecule has 0 aliphatic heterocycles. The largest absolute Gasteiger partial charge is 0.364 e. The summed E-state index contributed by atoms with van der Waals surface area (Å²) in [6, 6.07) is 0. The van der Waals surface area contributed by atoms with Crippen molar-refractivity contribution >= 4 is 28.6 Å². The molecule has 0 rings (SSSR count). The minimum atomic E-state index is -1.50. The molecule has 0 aliphatic carbocycles. The van der Waals surface area contributed by atoms with Crippen LogP contribution in [0.25, 0.3) is 0 Å². The summed E-state index contributed by atoms with van der Waals surface area (Å²) in [5.74, 6) is 0. The van der Waals surface area contributed by atoms with Crippen LogP contribution in [0.15, 0.2) is 20.8 Å². The van der Waals surface area contributed by atoms with Gasteiger partial charge in [-0.1, -0.05) is 6.92 Å². The molecule has 0 heterocycles. The molecular formula is C7H11BrN2O2. The summed E-state index contributed by atoms with van der Waals surface area (Å²) in [4.78, 5) is 3.66. The highest BCUT2D eigenvalue weighted by atomic mass is 79.9. The normalized spacial score (nSPS) is 13.9. The number of aliphatic imine (C=N–C) groups is 1. The van der Waals surface area contributed by atoms with Gasteiger partial charge in [0.15, 0.2) is 6.29 Å². The number of hydrogen-bond donors (Lipinski definition) is 2. The monoisotopic (exact) mass is 234 g/mol. The van der Waals surface area contributed by atoms with E-state index in [0.717, 1.165) is 18.2 Å². The van der Waals surface area contributed by atoms with Crippen LogP contribution in [0.1, 0.15) is 13.3 Å². The van der Waals surface area contributed by atoms with Crippen molar-refractivity contribution in [2.75, 3.05) is 0 Å². The Morgan fingerprint density at radius 2 is 2.25 bits per heavy atom. The van der Waals surface area contributed by atoms with Crippen molar-refractivity contribution in [2.24, 2.45) is 9.01 Å². The molecule has 2 N–H and O–H groups in total. The Bertz CT molecular complexity index is 200. The molecule has 0 spiro atoms. The first kappa shape index (κ1) is 11.5. The van der Waals surface area contributed by atoms with Gasteiger partial charge in [-0.25, -0.2) is 4.02 Å². The molecule has 4 nitrogen and oxygen atoms in total. The van der Waals surface area contributed by atoms with Crippen LogP contribution in [0.5, 0.6) is 0 Å². The number of nitrogens with zero attached hydrogens (tertiary/aromatic N) is 2. The fourth-order valence-electron chi connectivity index (χ4n) is 0.494. The molecule has 0 amide bonds. The highest BCUT2D eigenvalue weighted by Crippen LogP contribution is 1.98. The third kappa shape index (κ3) is 6.21. The van der Waals surface area contributed by atoms with Crippen molar-refractivity contribution in [1.82, 2.24) is 0 Å². The fourth-order valence-corrected chi connectivity index (χ4v) is 0.757. The van der Waals surface area contributed by atoms with Crippen LogP contribution < -0.4 is 0 Å². The molecule has 0 aromatic heterocycles. The average molecular weight is 235 g/mol. The van der Waals surface area contributed by atoms with Gasteiger partial charge in [-0.05, 0) is 12.0 Å². The number of rotatable bonds is 4. The molecule has 0 unspecified atom stereocenters. The van der Waals surface area contributed by atoms with Gasteiger partial charge in [-0.15, -0.1) is 0 Å². The van der Waals surface area contributed by atoms with Crippen molar-refractivity contribution in [3.8, 4) is 0 Å². The van der Waals surface area contributed by atoms with Crippen LogP contribution in [-0.2, 0) is 0 Å². The standard InChI is InChI=1S/C7H11BrN2O2/c1-2-6(4-10-8)3-9-5-7(11)12/h3-5,7,11-12H,2H2,1H3/b6-3-,9-5?,10-4?. The average Bonchev–Trinajstić information content (AvgIpc) is 2.02. The topological polar surface area (TPSA) is 65.2 Å². The molecular weight excluding hydrogens is 224 g/mol. The first-order valence-electron chi connectivity index (χ1n) is 3.43. The fraction of sp³-hybridized carbons (Fsp3) is 0.429.